The zero-order chi connectivity index (χ0) is 14.0. The molecule has 0 amide bonds. The third-order valence-electron chi connectivity index (χ3n) is 3.63. The van der Waals surface area contributed by atoms with Crippen LogP contribution < -0.4 is 0 Å². The van der Waals surface area contributed by atoms with Gasteiger partial charge in [0.05, 0.1) is 13.2 Å². The predicted molar refractivity (Wildman–Crippen MR) is 76.5 cm³/mol. The monoisotopic (exact) mass is 268 g/mol. The fourth-order valence-corrected chi connectivity index (χ4v) is 2.40. The number of hydrogen-bond acceptors (Lipinski definition) is 3. The first-order valence-corrected chi connectivity index (χ1v) is 6.65. The molecule has 0 unspecified atom stereocenters. The molecule has 20 heavy (non-hydrogen) atoms. The minimum absolute atomic E-state index is 0.625. The first-order chi connectivity index (χ1) is 9.71. The zero-order valence-electron chi connectivity index (χ0n) is 11.3. The molecule has 3 rings (SSSR count). The van der Waals surface area contributed by atoms with E-state index in [9.17, 15) is 4.79 Å². The molecule has 0 aromatic heterocycles. The number of aldehydes is 1. The normalized spacial score (nSPS) is 17.1. The van der Waals surface area contributed by atoms with E-state index in [1.54, 1.807) is 0 Å². The number of benzene rings is 2. The highest BCUT2D eigenvalue weighted by molar-refractivity contribution is 5.76. The standard InChI is InChI=1S/C17H16O3/c1-17(19-10-11-20-17)16-8-6-15(7-9-16)14-4-2-13(12-18)3-5-14/h2-9,12H,10-11H2,1H3. The molecule has 1 fully saturated rings. The van der Waals surface area contributed by atoms with Crippen molar-refractivity contribution in [3.63, 3.8) is 0 Å². The molecule has 1 aliphatic rings. The molecule has 2 aromatic carbocycles. The Hall–Kier alpha value is -1.97. The molecule has 1 aliphatic heterocycles. The van der Waals surface area contributed by atoms with Gasteiger partial charge < -0.3 is 9.47 Å². The average molecular weight is 268 g/mol. The summed E-state index contributed by atoms with van der Waals surface area (Å²) in [6.07, 6.45) is 0.850. The van der Waals surface area contributed by atoms with Gasteiger partial charge in [-0.05, 0) is 18.1 Å². The van der Waals surface area contributed by atoms with E-state index in [1.807, 2.05) is 55.5 Å². The minimum atomic E-state index is -0.625. The van der Waals surface area contributed by atoms with Gasteiger partial charge in [-0.3, -0.25) is 4.79 Å². The summed E-state index contributed by atoms with van der Waals surface area (Å²) in [6, 6.07) is 15.7. The predicted octanol–water partition coefficient (Wildman–Crippen LogP) is 3.39. The maximum Gasteiger partial charge on any atom is 0.192 e. The lowest BCUT2D eigenvalue weighted by Crippen LogP contribution is -2.22. The quantitative estimate of drug-likeness (QED) is 0.800. The lowest BCUT2D eigenvalue weighted by molar-refractivity contribution is -0.149. The third kappa shape index (κ3) is 2.38. The van der Waals surface area contributed by atoms with Gasteiger partial charge >= 0.3 is 0 Å². The summed E-state index contributed by atoms with van der Waals surface area (Å²) in [7, 11) is 0. The van der Waals surface area contributed by atoms with Gasteiger partial charge in [0.15, 0.2) is 5.79 Å². The Morgan fingerprint density at radius 2 is 1.40 bits per heavy atom. The molecule has 3 heteroatoms. The maximum absolute atomic E-state index is 10.7. The molecular weight excluding hydrogens is 252 g/mol. The lowest BCUT2D eigenvalue weighted by Gasteiger charge is -2.22. The summed E-state index contributed by atoms with van der Waals surface area (Å²) >= 11 is 0. The van der Waals surface area contributed by atoms with Gasteiger partial charge in [-0.25, -0.2) is 0 Å². The van der Waals surface area contributed by atoms with Gasteiger partial charge in [-0.15, -0.1) is 0 Å². The van der Waals surface area contributed by atoms with Crippen LogP contribution in [0.15, 0.2) is 48.5 Å². The van der Waals surface area contributed by atoms with Crippen molar-refractivity contribution in [2.75, 3.05) is 13.2 Å². The molecule has 1 saturated heterocycles. The highest BCUT2D eigenvalue weighted by Crippen LogP contribution is 2.32. The van der Waals surface area contributed by atoms with Gasteiger partial charge in [0.1, 0.15) is 6.29 Å². The van der Waals surface area contributed by atoms with Crippen molar-refractivity contribution in [1.29, 1.82) is 0 Å². The second-order valence-corrected chi connectivity index (χ2v) is 4.96. The number of ether oxygens (including phenoxy) is 2. The Morgan fingerprint density at radius 3 is 1.90 bits per heavy atom. The van der Waals surface area contributed by atoms with Crippen LogP contribution in [0.4, 0.5) is 0 Å². The highest BCUT2D eigenvalue weighted by atomic mass is 16.7. The fraction of sp³-hybridized carbons (Fsp3) is 0.235. The van der Waals surface area contributed by atoms with Gasteiger partial charge in [0, 0.05) is 11.1 Å². The summed E-state index contributed by atoms with van der Waals surface area (Å²) in [5, 5.41) is 0. The second-order valence-electron chi connectivity index (χ2n) is 4.96. The summed E-state index contributed by atoms with van der Waals surface area (Å²) in [5.41, 5.74) is 3.89. The number of hydrogen-bond donors (Lipinski definition) is 0. The molecular formula is C17H16O3. The Kier molecular flexibility index (Phi) is 3.38. The van der Waals surface area contributed by atoms with Crippen LogP contribution in [0.1, 0.15) is 22.8 Å². The van der Waals surface area contributed by atoms with Crippen molar-refractivity contribution < 1.29 is 14.3 Å². The molecule has 0 spiro atoms. The van der Waals surface area contributed by atoms with Crippen LogP contribution in [-0.2, 0) is 15.3 Å². The molecule has 0 saturated carbocycles. The molecule has 0 radical (unpaired) electrons. The van der Waals surface area contributed by atoms with Crippen molar-refractivity contribution in [3.8, 4) is 11.1 Å². The maximum atomic E-state index is 10.7. The SMILES string of the molecule is CC1(c2ccc(-c3ccc(C=O)cc3)cc2)OCCO1. The second kappa shape index (κ2) is 5.19. The van der Waals surface area contributed by atoms with E-state index in [1.165, 1.54) is 0 Å². The highest BCUT2D eigenvalue weighted by Gasteiger charge is 2.32. The molecule has 0 bridgehead atoms. The van der Waals surface area contributed by atoms with Crippen molar-refractivity contribution in [2.24, 2.45) is 0 Å². The number of rotatable bonds is 3. The minimum Gasteiger partial charge on any atom is -0.344 e. The van der Waals surface area contributed by atoms with E-state index in [0.29, 0.717) is 18.8 Å². The summed E-state index contributed by atoms with van der Waals surface area (Å²) in [4.78, 5) is 10.7. The smallest absolute Gasteiger partial charge is 0.192 e. The van der Waals surface area contributed by atoms with Gasteiger partial charge in [-0.1, -0.05) is 48.5 Å². The number of carbonyl (C=O) groups excluding carboxylic acids is 1. The van der Waals surface area contributed by atoms with Crippen LogP contribution in [-0.4, -0.2) is 19.5 Å². The first-order valence-electron chi connectivity index (χ1n) is 6.65. The van der Waals surface area contributed by atoms with E-state index in [0.717, 1.165) is 23.0 Å². The summed E-state index contributed by atoms with van der Waals surface area (Å²) < 4.78 is 11.3. The van der Waals surface area contributed by atoms with E-state index >= 15 is 0 Å². The molecule has 0 atom stereocenters. The van der Waals surface area contributed by atoms with Gasteiger partial charge in [0.2, 0.25) is 0 Å². The lowest BCUT2D eigenvalue weighted by atomic mass is 10.00. The van der Waals surface area contributed by atoms with E-state index in [4.69, 9.17) is 9.47 Å². The van der Waals surface area contributed by atoms with Crippen LogP contribution >= 0.6 is 0 Å². The molecule has 0 N–H and O–H groups in total. The van der Waals surface area contributed by atoms with Crippen LogP contribution in [0.25, 0.3) is 11.1 Å². The topological polar surface area (TPSA) is 35.5 Å². The first kappa shape index (κ1) is 13.0. The third-order valence-corrected chi connectivity index (χ3v) is 3.63. The molecule has 102 valence electrons. The van der Waals surface area contributed by atoms with Crippen LogP contribution in [0.5, 0.6) is 0 Å². The van der Waals surface area contributed by atoms with E-state index in [2.05, 4.69) is 0 Å². The molecule has 0 aliphatic carbocycles. The Balaban J connectivity index is 1.86. The van der Waals surface area contributed by atoms with E-state index < -0.39 is 5.79 Å². The van der Waals surface area contributed by atoms with Gasteiger partial charge in [-0.2, -0.15) is 0 Å². The van der Waals surface area contributed by atoms with Crippen LogP contribution in [0.3, 0.4) is 0 Å². The molecule has 3 nitrogen and oxygen atoms in total. The fourth-order valence-electron chi connectivity index (χ4n) is 2.40. The van der Waals surface area contributed by atoms with Crippen molar-refractivity contribution in [2.45, 2.75) is 12.7 Å². The van der Waals surface area contributed by atoms with Crippen molar-refractivity contribution >= 4 is 6.29 Å². The summed E-state index contributed by atoms with van der Waals surface area (Å²) in [5.74, 6) is -0.625. The Bertz CT molecular complexity index is 593. The van der Waals surface area contributed by atoms with Gasteiger partial charge in [0.25, 0.3) is 0 Å². The van der Waals surface area contributed by atoms with E-state index in [-0.39, 0.29) is 0 Å². The average Bonchev–Trinajstić information content (AvgIpc) is 2.96. The van der Waals surface area contributed by atoms with Crippen molar-refractivity contribution in [3.05, 3.63) is 59.7 Å². The Labute approximate surface area is 118 Å². The zero-order valence-corrected chi connectivity index (χ0v) is 11.3. The summed E-state index contributed by atoms with van der Waals surface area (Å²) in [6.45, 7) is 3.20. The molecule has 1 heterocycles. The number of carbonyl (C=O) groups is 1. The largest absolute Gasteiger partial charge is 0.344 e. The van der Waals surface area contributed by atoms with Crippen molar-refractivity contribution in [1.82, 2.24) is 0 Å². The van der Waals surface area contributed by atoms with Crippen LogP contribution in [0, 0.1) is 0 Å². The van der Waals surface area contributed by atoms with Crippen LogP contribution in [0.2, 0.25) is 0 Å². The molecule has 2 aromatic rings. The Morgan fingerprint density at radius 1 is 0.900 bits per heavy atom.